The Hall–Kier alpha value is -1.66. The minimum absolute atomic E-state index is 0.118. The number of halogens is 2. The van der Waals surface area contributed by atoms with E-state index in [-0.39, 0.29) is 11.9 Å². The van der Waals surface area contributed by atoms with E-state index < -0.39 is 0 Å². The highest BCUT2D eigenvalue weighted by Crippen LogP contribution is 2.36. The first kappa shape index (κ1) is 17.7. The third-order valence-corrected chi connectivity index (χ3v) is 6.30. The highest BCUT2D eigenvalue weighted by atomic mass is 35.5. The Labute approximate surface area is 165 Å². The molecular formula is C19H17Cl2N3OS. The summed E-state index contributed by atoms with van der Waals surface area (Å²) in [5, 5.41) is 4.80. The molecule has 4 rings (SSSR count). The molecule has 2 aromatic carbocycles. The van der Waals surface area contributed by atoms with E-state index in [0.29, 0.717) is 22.3 Å². The van der Waals surface area contributed by atoms with Gasteiger partial charge in [0.05, 0.1) is 38.5 Å². The number of carbonyl (C=O) groups excluding carboxylic acids is 1. The number of rotatable bonds is 4. The molecule has 0 aliphatic carbocycles. The molecule has 1 unspecified atom stereocenters. The van der Waals surface area contributed by atoms with Crippen molar-refractivity contribution in [2.24, 2.45) is 0 Å². The van der Waals surface area contributed by atoms with E-state index in [1.165, 1.54) is 4.70 Å². The van der Waals surface area contributed by atoms with Crippen molar-refractivity contribution in [2.75, 3.05) is 18.4 Å². The molecular weight excluding hydrogens is 389 g/mol. The number of carbonyl (C=O) groups is 1. The number of para-hydroxylation sites is 2. The summed E-state index contributed by atoms with van der Waals surface area (Å²) in [6.07, 6.45) is 2.07. The van der Waals surface area contributed by atoms with Gasteiger partial charge < -0.3 is 5.32 Å². The van der Waals surface area contributed by atoms with Gasteiger partial charge in [-0.2, -0.15) is 0 Å². The lowest BCUT2D eigenvalue weighted by Gasteiger charge is -2.22. The van der Waals surface area contributed by atoms with Gasteiger partial charge in [-0.05, 0) is 43.7 Å². The topological polar surface area (TPSA) is 45.2 Å². The zero-order chi connectivity index (χ0) is 18.1. The maximum absolute atomic E-state index is 12.5. The van der Waals surface area contributed by atoms with Gasteiger partial charge in [-0.1, -0.05) is 41.4 Å². The summed E-state index contributed by atoms with van der Waals surface area (Å²) in [4.78, 5) is 19.5. The first-order chi connectivity index (χ1) is 12.6. The number of thiazole rings is 1. The van der Waals surface area contributed by atoms with Gasteiger partial charge in [0, 0.05) is 0 Å². The number of aromatic nitrogens is 1. The Morgan fingerprint density at radius 1 is 1.19 bits per heavy atom. The van der Waals surface area contributed by atoms with Crippen molar-refractivity contribution in [3.05, 3.63) is 57.5 Å². The van der Waals surface area contributed by atoms with Crippen LogP contribution in [0.15, 0.2) is 42.5 Å². The predicted molar refractivity (Wildman–Crippen MR) is 108 cm³/mol. The molecule has 0 spiro atoms. The van der Waals surface area contributed by atoms with Crippen molar-refractivity contribution in [3.63, 3.8) is 0 Å². The molecule has 3 aromatic rings. The van der Waals surface area contributed by atoms with Crippen molar-refractivity contribution < 1.29 is 4.79 Å². The monoisotopic (exact) mass is 405 g/mol. The Kier molecular flexibility index (Phi) is 5.14. The van der Waals surface area contributed by atoms with Crippen LogP contribution in [0, 0.1) is 0 Å². The number of fused-ring (bicyclic) bond motifs is 1. The average molecular weight is 406 g/mol. The summed E-state index contributed by atoms with van der Waals surface area (Å²) in [6, 6.07) is 13.5. The first-order valence-electron chi connectivity index (χ1n) is 8.45. The molecule has 0 radical (unpaired) electrons. The van der Waals surface area contributed by atoms with Crippen LogP contribution < -0.4 is 5.32 Å². The summed E-state index contributed by atoms with van der Waals surface area (Å²) < 4.78 is 1.18. The van der Waals surface area contributed by atoms with E-state index in [2.05, 4.69) is 16.3 Å². The number of hydrogen-bond donors (Lipinski definition) is 1. The standard InChI is InChI=1S/C19H17Cl2N3OS/c20-12-5-3-6-13(21)18(12)23-17(25)11-24-10-4-8-15(24)19-22-14-7-1-2-9-16(14)26-19/h1-3,5-7,9,15H,4,8,10-11H2,(H,23,25). The Morgan fingerprint density at radius 2 is 1.96 bits per heavy atom. The van der Waals surface area contributed by atoms with Gasteiger partial charge in [-0.25, -0.2) is 4.98 Å². The lowest BCUT2D eigenvalue weighted by atomic mass is 10.2. The Morgan fingerprint density at radius 3 is 2.73 bits per heavy atom. The van der Waals surface area contributed by atoms with E-state index >= 15 is 0 Å². The number of benzene rings is 2. The van der Waals surface area contributed by atoms with E-state index in [1.54, 1.807) is 29.5 Å². The smallest absolute Gasteiger partial charge is 0.238 e. The molecule has 1 amide bonds. The van der Waals surface area contributed by atoms with E-state index in [4.69, 9.17) is 28.2 Å². The van der Waals surface area contributed by atoms with Gasteiger partial charge in [0.25, 0.3) is 0 Å². The normalized spacial score (nSPS) is 17.7. The van der Waals surface area contributed by atoms with Crippen molar-refractivity contribution >= 4 is 56.3 Å². The second-order valence-corrected chi connectivity index (χ2v) is 8.17. The Balaban J connectivity index is 1.49. The molecule has 1 aromatic heterocycles. The van der Waals surface area contributed by atoms with Gasteiger partial charge in [-0.3, -0.25) is 9.69 Å². The van der Waals surface area contributed by atoms with E-state index in [9.17, 15) is 4.79 Å². The maximum atomic E-state index is 12.5. The second kappa shape index (κ2) is 7.53. The number of hydrogen-bond acceptors (Lipinski definition) is 4. The number of anilines is 1. The van der Waals surface area contributed by atoms with Crippen LogP contribution in [0.1, 0.15) is 23.9 Å². The van der Waals surface area contributed by atoms with Gasteiger partial charge in [0.15, 0.2) is 0 Å². The van der Waals surface area contributed by atoms with Crippen LogP contribution in [0.4, 0.5) is 5.69 Å². The first-order valence-corrected chi connectivity index (χ1v) is 10.0. The zero-order valence-electron chi connectivity index (χ0n) is 13.9. The van der Waals surface area contributed by atoms with Gasteiger partial charge in [0.1, 0.15) is 5.01 Å². The third-order valence-electron chi connectivity index (χ3n) is 4.53. The molecule has 1 fully saturated rings. The fourth-order valence-electron chi connectivity index (χ4n) is 3.31. The molecule has 1 aliphatic rings. The van der Waals surface area contributed by atoms with Crippen LogP contribution in [-0.2, 0) is 4.79 Å². The number of amides is 1. The van der Waals surface area contributed by atoms with Crippen molar-refractivity contribution in [1.82, 2.24) is 9.88 Å². The van der Waals surface area contributed by atoms with Crippen molar-refractivity contribution in [1.29, 1.82) is 0 Å². The van der Waals surface area contributed by atoms with E-state index in [0.717, 1.165) is 29.9 Å². The SMILES string of the molecule is O=C(CN1CCCC1c1nc2ccccc2s1)Nc1c(Cl)cccc1Cl. The molecule has 2 heterocycles. The molecule has 1 aliphatic heterocycles. The molecule has 1 N–H and O–H groups in total. The minimum atomic E-state index is -0.118. The number of nitrogens with one attached hydrogen (secondary N) is 1. The molecule has 4 nitrogen and oxygen atoms in total. The van der Waals surface area contributed by atoms with Crippen LogP contribution in [0.3, 0.4) is 0 Å². The quantitative estimate of drug-likeness (QED) is 0.633. The van der Waals surface area contributed by atoms with Crippen molar-refractivity contribution in [3.8, 4) is 0 Å². The Bertz CT molecular complexity index is 906. The molecule has 1 saturated heterocycles. The largest absolute Gasteiger partial charge is 0.322 e. The fraction of sp³-hybridized carbons (Fsp3) is 0.263. The van der Waals surface area contributed by atoms with Gasteiger partial charge >= 0.3 is 0 Å². The average Bonchev–Trinajstić information content (AvgIpc) is 3.24. The van der Waals surface area contributed by atoms with Crippen LogP contribution in [0.2, 0.25) is 10.0 Å². The number of likely N-dealkylation sites (tertiary alicyclic amines) is 1. The zero-order valence-corrected chi connectivity index (χ0v) is 16.2. The number of nitrogens with zero attached hydrogens (tertiary/aromatic N) is 2. The molecule has 134 valence electrons. The second-order valence-electron chi connectivity index (χ2n) is 6.29. The van der Waals surface area contributed by atoms with E-state index in [1.807, 2.05) is 18.2 Å². The fourth-order valence-corrected chi connectivity index (χ4v) is 4.94. The lowest BCUT2D eigenvalue weighted by molar-refractivity contribution is -0.117. The minimum Gasteiger partial charge on any atom is -0.322 e. The van der Waals surface area contributed by atoms with Gasteiger partial charge in [0.2, 0.25) is 5.91 Å². The maximum Gasteiger partial charge on any atom is 0.238 e. The summed E-state index contributed by atoms with van der Waals surface area (Å²) in [5.74, 6) is -0.118. The molecule has 0 saturated carbocycles. The lowest BCUT2D eigenvalue weighted by Crippen LogP contribution is -2.33. The predicted octanol–water partition coefficient (Wildman–Crippen LogP) is 5.38. The molecule has 26 heavy (non-hydrogen) atoms. The van der Waals surface area contributed by atoms with Crippen LogP contribution >= 0.6 is 34.5 Å². The summed E-state index contributed by atoms with van der Waals surface area (Å²) in [5.41, 5.74) is 1.49. The van der Waals surface area contributed by atoms with Crippen LogP contribution in [0.25, 0.3) is 10.2 Å². The molecule has 0 bridgehead atoms. The summed E-state index contributed by atoms with van der Waals surface area (Å²) in [7, 11) is 0. The highest BCUT2D eigenvalue weighted by Gasteiger charge is 2.30. The highest BCUT2D eigenvalue weighted by molar-refractivity contribution is 7.18. The van der Waals surface area contributed by atoms with Gasteiger partial charge in [-0.15, -0.1) is 11.3 Å². The van der Waals surface area contributed by atoms with Crippen LogP contribution in [-0.4, -0.2) is 28.9 Å². The third kappa shape index (κ3) is 3.58. The van der Waals surface area contributed by atoms with Crippen molar-refractivity contribution in [2.45, 2.75) is 18.9 Å². The molecule has 1 atom stereocenters. The summed E-state index contributed by atoms with van der Waals surface area (Å²) in [6.45, 7) is 1.17. The van der Waals surface area contributed by atoms with Crippen LogP contribution in [0.5, 0.6) is 0 Å². The summed E-state index contributed by atoms with van der Waals surface area (Å²) >= 11 is 14.0. The molecule has 7 heteroatoms.